The molecule has 1 aliphatic heterocycles. The Morgan fingerprint density at radius 3 is 2.48 bits per heavy atom. The van der Waals surface area contributed by atoms with Crippen molar-refractivity contribution in [1.82, 2.24) is 0 Å². The van der Waals surface area contributed by atoms with E-state index in [1.165, 1.54) is 37.7 Å². The van der Waals surface area contributed by atoms with Crippen molar-refractivity contribution in [2.24, 2.45) is 11.8 Å². The molecule has 190 valence electrons. The van der Waals surface area contributed by atoms with E-state index in [2.05, 4.69) is 39.8 Å². The highest BCUT2D eigenvalue weighted by Crippen LogP contribution is 2.38. The van der Waals surface area contributed by atoms with Gasteiger partial charge in [0.05, 0.1) is 6.61 Å². The van der Waals surface area contributed by atoms with E-state index in [9.17, 15) is 4.57 Å². The summed E-state index contributed by atoms with van der Waals surface area (Å²) < 4.78 is 23.2. The van der Waals surface area contributed by atoms with Crippen molar-refractivity contribution in [2.45, 2.75) is 110 Å². The van der Waals surface area contributed by atoms with E-state index in [0.717, 1.165) is 61.9 Å². The van der Waals surface area contributed by atoms with E-state index in [0.29, 0.717) is 13.0 Å². The predicted molar refractivity (Wildman–Crippen MR) is 136 cm³/mol. The van der Waals surface area contributed by atoms with Crippen LogP contribution in [0.5, 0.6) is 11.5 Å². The zero-order chi connectivity index (χ0) is 24.3. The minimum Gasteiger partial charge on any atom is -0.494 e. The molecule has 2 atom stereocenters. The zero-order valence-electron chi connectivity index (χ0n) is 21.4. The summed E-state index contributed by atoms with van der Waals surface area (Å²) in [5, 5.41) is 0. The van der Waals surface area contributed by atoms with E-state index in [4.69, 9.17) is 19.3 Å². The highest BCUT2D eigenvalue weighted by Gasteiger charge is 2.31. The van der Waals surface area contributed by atoms with Gasteiger partial charge < -0.3 is 19.3 Å². The number of hydrogen-bond donors (Lipinski definition) is 2. The first-order valence-corrected chi connectivity index (χ1v) is 14.9. The lowest BCUT2D eigenvalue weighted by atomic mass is 9.86. The molecule has 0 saturated heterocycles. The van der Waals surface area contributed by atoms with Gasteiger partial charge in [-0.1, -0.05) is 59.3 Å². The van der Waals surface area contributed by atoms with Crippen molar-refractivity contribution in [3.8, 4) is 11.5 Å². The standard InChI is InChI=1S/C27H47O5P/c1-22(2)11-9-12-23(3)13-10-17-27(4)18-16-24-21-25(14-15-26(24)32-27)31-19-7-5-6-8-20-33(28,29)30/h14-15,21-23H,5-13,16-20H2,1-4H3,(H2,28,29,30). The largest absolute Gasteiger partial charge is 0.494 e. The minimum absolute atomic E-state index is 0.0189. The molecule has 2 unspecified atom stereocenters. The fourth-order valence-electron chi connectivity index (χ4n) is 4.64. The van der Waals surface area contributed by atoms with Crippen LogP contribution in [0.25, 0.3) is 0 Å². The average molecular weight is 483 g/mol. The summed E-state index contributed by atoms with van der Waals surface area (Å²) in [5.74, 6) is 3.49. The van der Waals surface area contributed by atoms with Gasteiger partial charge in [0.2, 0.25) is 0 Å². The number of unbranched alkanes of at least 4 members (excludes halogenated alkanes) is 3. The quantitative estimate of drug-likeness (QED) is 0.188. The third-order valence-corrected chi connectivity index (χ3v) is 7.70. The Bertz CT molecular complexity index is 744. The average Bonchev–Trinajstić information content (AvgIpc) is 2.72. The number of rotatable bonds is 16. The maximum absolute atomic E-state index is 10.9. The Labute approximate surface area is 201 Å². The van der Waals surface area contributed by atoms with Crippen molar-refractivity contribution >= 4 is 7.60 Å². The highest BCUT2D eigenvalue weighted by atomic mass is 31.2. The normalized spacial score (nSPS) is 19.2. The Hall–Kier alpha value is -1.03. The molecule has 0 aliphatic carbocycles. The Morgan fingerprint density at radius 2 is 1.76 bits per heavy atom. The molecule has 0 fully saturated rings. The molecule has 0 saturated carbocycles. The van der Waals surface area contributed by atoms with Crippen molar-refractivity contribution in [2.75, 3.05) is 12.8 Å². The second kappa shape index (κ2) is 13.8. The van der Waals surface area contributed by atoms with Crippen LogP contribution in [0.15, 0.2) is 18.2 Å². The molecule has 6 heteroatoms. The van der Waals surface area contributed by atoms with Crippen LogP contribution in [-0.4, -0.2) is 28.2 Å². The lowest BCUT2D eigenvalue weighted by Gasteiger charge is -2.36. The van der Waals surface area contributed by atoms with E-state index < -0.39 is 7.60 Å². The number of hydrogen-bond acceptors (Lipinski definition) is 3. The summed E-state index contributed by atoms with van der Waals surface area (Å²) in [6.07, 6.45) is 12.9. The molecule has 1 heterocycles. The van der Waals surface area contributed by atoms with Crippen LogP contribution in [-0.2, 0) is 11.0 Å². The summed E-state index contributed by atoms with van der Waals surface area (Å²) in [5.41, 5.74) is 1.16. The number of fused-ring (bicyclic) bond motifs is 1. The van der Waals surface area contributed by atoms with E-state index in [1.807, 2.05) is 6.07 Å². The van der Waals surface area contributed by atoms with Gasteiger partial charge in [-0.2, -0.15) is 0 Å². The van der Waals surface area contributed by atoms with E-state index in [-0.39, 0.29) is 11.8 Å². The van der Waals surface area contributed by atoms with Crippen molar-refractivity contribution in [3.63, 3.8) is 0 Å². The first-order chi connectivity index (χ1) is 15.6. The van der Waals surface area contributed by atoms with Crippen LogP contribution in [0.2, 0.25) is 0 Å². The Morgan fingerprint density at radius 1 is 1.03 bits per heavy atom. The second-order valence-electron chi connectivity index (χ2n) is 10.8. The monoisotopic (exact) mass is 482 g/mol. The first kappa shape index (κ1) is 28.2. The lowest BCUT2D eigenvalue weighted by Crippen LogP contribution is -2.36. The van der Waals surface area contributed by atoms with E-state index >= 15 is 0 Å². The number of ether oxygens (including phenoxy) is 2. The fourth-order valence-corrected chi connectivity index (χ4v) is 5.27. The lowest BCUT2D eigenvalue weighted by molar-refractivity contribution is 0.0523. The van der Waals surface area contributed by atoms with Gasteiger partial charge in [0.25, 0.3) is 0 Å². The third kappa shape index (κ3) is 11.8. The third-order valence-electron chi connectivity index (χ3n) is 6.80. The molecule has 33 heavy (non-hydrogen) atoms. The molecule has 0 spiro atoms. The molecule has 5 nitrogen and oxygen atoms in total. The van der Waals surface area contributed by atoms with Crippen molar-refractivity contribution in [3.05, 3.63) is 23.8 Å². The van der Waals surface area contributed by atoms with Gasteiger partial charge in [0.15, 0.2) is 0 Å². The van der Waals surface area contributed by atoms with Crippen molar-refractivity contribution in [1.29, 1.82) is 0 Å². The zero-order valence-corrected chi connectivity index (χ0v) is 22.2. The molecule has 2 rings (SSSR count). The van der Waals surface area contributed by atoms with Gasteiger partial charge >= 0.3 is 7.60 Å². The van der Waals surface area contributed by atoms with Gasteiger partial charge in [-0.15, -0.1) is 0 Å². The molecule has 2 N–H and O–H groups in total. The van der Waals surface area contributed by atoms with E-state index in [1.54, 1.807) is 0 Å². The molecule has 0 amide bonds. The van der Waals surface area contributed by atoms with Gasteiger partial charge in [0.1, 0.15) is 17.1 Å². The molecule has 1 aromatic carbocycles. The van der Waals surface area contributed by atoms with Crippen LogP contribution in [0.3, 0.4) is 0 Å². The van der Waals surface area contributed by atoms with Gasteiger partial charge in [-0.3, -0.25) is 4.57 Å². The fraction of sp³-hybridized carbons (Fsp3) is 0.778. The Balaban J connectivity index is 1.67. The van der Waals surface area contributed by atoms with Crippen LogP contribution >= 0.6 is 7.60 Å². The van der Waals surface area contributed by atoms with Crippen LogP contribution in [0.1, 0.15) is 104 Å². The molecule has 0 aromatic heterocycles. The maximum Gasteiger partial charge on any atom is 0.325 e. The Kier molecular flexibility index (Phi) is 11.8. The molecular formula is C27H47O5P. The smallest absolute Gasteiger partial charge is 0.325 e. The second-order valence-corrected chi connectivity index (χ2v) is 12.6. The highest BCUT2D eigenvalue weighted by molar-refractivity contribution is 7.51. The molecule has 1 aliphatic rings. The first-order valence-electron chi connectivity index (χ1n) is 13.1. The molecule has 1 aromatic rings. The number of benzene rings is 1. The van der Waals surface area contributed by atoms with Crippen molar-refractivity contribution < 1.29 is 23.8 Å². The summed E-state index contributed by atoms with van der Waals surface area (Å²) in [6, 6.07) is 6.16. The van der Waals surface area contributed by atoms with Gasteiger partial charge in [0, 0.05) is 6.16 Å². The molecular weight excluding hydrogens is 435 g/mol. The number of aryl methyl sites for hydroxylation is 1. The maximum atomic E-state index is 10.9. The van der Waals surface area contributed by atoms with Crippen LogP contribution in [0.4, 0.5) is 0 Å². The minimum atomic E-state index is -3.85. The molecule has 0 bridgehead atoms. The molecule has 0 radical (unpaired) electrons. The van der Waals surface area contributed by atoms with Crippen LogP contribution < -0.4 is 9.47 Å². The summed E-state index contributed by atoms with van der Waals surface area (Å²) in [4.78, 5) is 17.8. The predicted octanol–water partition coefficient (Wildman–Crippen LogP) is 7.52. The topological polar surface area (TPSA) is 76.0 Å². The van der Waals surface area contributed by atoms with Gasteiger partial charge in [-0.25, -0.2) is 0 Å². The summed E-state index contributed by atoms with van der Waals surface area (Å²) >= 11 is 0. The summed E-state index contributed by atoms with van der Waals surface area (Å²) in [7, 11) is -3.85. The van der Waals surface area contributed by atoms with Gasteiger partial charge in [-0.05, 0) is 81.0 Å². The summed E-state index contributed by atoms with van der Waals surface area (Å²) in [6.45, 7) is 9.89. The van der Waals surface area contributed by atoms with Crippen LogP contribution in [0, 0.1) is 11.8 Å². The SMILES string of the molecule is CC(C)CCCC(C)CCCC1(C)CCc2cc(OCCCCCCP(=O)(O)O)ccc2O1.